The zero-order valence-electron chi connectivity index (χ0n) is 24.8. The summed E-state index contributed by atoms with van der Waals surface area (Å²) in [4.78, 5) is 13.5. The summed E-state index contributed by atoms with van der Waals surface area (Å²) in [5, 5.41) is 9.36. The number of carboxylic acid groups (broad SMARTS) is 1. The maximum Gasteiger partial charge on any atom is 0.307 e. The van der Waals surface area contributed by atoms with Crippen molar-refractivity contribution >= 4 is 5.97 Å². The summed E-state index contributed by atoms with van der Waals surface area (Å²) in [6.45, 7) is 18.7. The number of hydrogen-bond acceptors (Lipinski definition) is 3. The summed E-state index contributed by atoms with van der Waals surface area (Å²) in [6.07, 6.45) is 1.82. The van der Waals surface area contributed by atoms with E-state index < -0.39 is 11.9 Å². The van der Waals surface area contributed by atoms with Gasteiger partial charge in [0.1, 0.15) is 5.82 Å². The van der Waals surface area contributed by atoms with Gasteiger partial charge in [0.05, 0.1) is 18.1 Å². The molecule has 3 rings (SSSR count). The molecule has 0 radical (unpaired) electrons. The van der Waals surface area contributed by atoms with Crippen LogP contribution < -0.4 is 0 Å². The van der Waals surface area contributed by atoms with Gasteiger partial charge in [-0.25, -0.2) is 4.39 Å². The third kappa shape index (κ3) is 7.45. The smallest absolute Gasteiger partial charge is 0.307 e. The summed E-state index contributed by atoms with van der Waals surface area (Å²) in [7, 11) is 1.99. The molecular formula is C33H48FNO3. The highest BCUT2D eigenvalue weighted by atomic mass is 19.1. The molecule has 5 heteroatoms. The van der Waals surface area contributed by atoms with Crippen molar-refractivity contribution < 1.29 is 19.0 Å². The number of nitrogens with zero attached hydrogens (tertiary/aromatic N) is 1. The number of aliphatic carboxylic acids is 1. The molecule has 1 aliphatic carbocycles. The summed E-state index contributed by atoms with van der Waals surface area (Å²) in [5.74, 6) is -1.03. The zero-order chi connectivity index (χ0) is 28.4. The standard InChI is InChI=1S/C33H48FNO3/c1-21(31(36)37)19-35(9)20-24-12-17-29(30(24)23-10-14-26(34)15-11-23)38-22(2)27-16-13-25(32(3,4)5)18-28(27)33(6,7)8/h10-11,13-16,18,21-22,24,29-30H,12,17,19-20H2,1-9H3,(H,36,37). The van der Waals surface area contributed by atoms with Crippen molar-refractivity contribution in [1.29, 1.82) is 0 Å². The second kappa shape index (κ2) is 11.9. The average molecular weight is 526 g/mol. The van der Waals surface area contributed by atoms with Crippen LogP contribution in [0.25, 0.3) is 0 Å². The lowest BCUT2D eigenvalue weighted by molar-refractivity contribution is -0.141. The van der Waals surface area contributed by atoms with Crippen molar-refractivity contribution in [3.63, 3.8) is 0 Å². The predicted molar refractivity (Wildman–Crippen MR) is 153 cm³/mol. The summed E-state index contributed by atoms with van der Waals surface area (Å²) < 4.78 is 20.7. The van der Waals surface area contributed by atoms with Crippen LogP contribution in [-0.4, -0.2) is 42.2 Å². The van der Waals surface area contributed by atoms with Crippen LogP contribution in [0.5, 0.6) is 0 Å². The second-order valence-electron chi connectivity index (χ2n) is 13.5. The summed E-state index contributed by atoms with van der Waals surface area (Å²) in [6, 6.07) is 13.7. The molecule has 210 valence electrons. The Balaban J connectivity index is 1.88. The number of hydrogen-bond donors (Lipinski definition) is 1. The van der Waals surface area contributed by atoms with Crippen LogP contribution in [0.2, 0.25) is 0 Å². The zero-order valence-corrected chi connectivity index (χ0v) is 24.8. The fraction of sp³-hybridized carbons (Fsp3) is 0.606. The van der Waals surface area contributed by atoms with Gasteiger partial charge in [0, 0.05) is 19.0 Å². The van der Waals surface area contributed by atoms with Gasteiger partial charge in [-0.15, -0.1) is 0 Å². The van der Waals surface area contributed by atoms with E-state index in [2.05, 4.69) is 71.6 Å². The first kappa shape index (κ1) is 30.3. The van der Waals surface area contributed by atoms with Gasteiger partial charge < -0.3 is 14.7 Å². The molecule has 1 aliphatic rings. The number of benzene rings is 2. The molecule has 0 bridgehead atoms. The van der Waals surface area contributed by atoms with E-state index in [4.69, 9.17) is 4.74 Å². The van der Waals surface area contributed by atoms with Gasteiger partial charge in [-0.3, -0.25) is 4.79 Å². The Bertz CT molecular complexity index is 1080. The lowest BCUT2D eigenvalue weighted by atomic mass is 9.77. The Morgan fingerprint density at radius 2 is 1.66 bits per heavy atom. The van der Waals surface area contributed by atoms with E-state index >= 15 is 0 Å². The van der Waals surface area contributed by atoms with Crippen LogP contribution in [0.1, 0.15) is 103 Å². The van der Waals surface area contributed by atoms with E-state index in [1.807, 2.05) is 19.2 Å². The van der Waals surface area contributed by atoms with Gasteiger partial charge in [0.2, 0.25) is 0 Å². The lowest BCUT2D eigenvalue weighted by Gasteiger charge is -2.33. The molecule has 0 amide bonds. The van der Waals surface area contributed by atoms with Crippen LogP contribution >= 0.6 is 0 Å². The van der Waals surface area contributed by atoms with Crippen molar-refractivity contribution in [3.05, 3.63) is 70.5 Å². The minimum absolute atomic E-state index is 0.000805. The van der Waals surface area contributed by atoms with Crippen LogP contribution in [0.4, 0.5) is 4.39 Å². The maximum absolute atomic E-state index is 13.8. The van der Waals surface area contributed by atoms with Crippen LogP contribution in [0.15, 0.2) is 42.5 Å². The molecule has 1 N–H and O–H groups in total. The molecule has 2 aromatic rings. The van der Waals surface area contributed by atoms with Crippen LogP contribution in [0, 0.1) is 17.7 Å². The molecule has 38 heavy (non-hydrogen) atoms. The molecule has 0 aromatic heterocycles. The Morgan fingerprint density at radius 3 is 2.21 bits per heavy atom. The Morgan fingerprint density at radius 1 is 1.03 bits per heavy atom. The number of carboxylic acids is 1. The number of rotatable bonds is 9. The lowest BCUT2D eigenvalue weighted by Crippen LogP contribution is -2.34. The number of carbonyl (C=O) groups is 1. The molecule has 4 nitrogen and oxygen atoms in total. The van der Waals surface area contributed by atoms with Gasteiger partial charge in [0.25, 0.3) is 0 Å². The number of halogens is 1. The second-order valence-corrected chi connectivity index (χ2v) is 13.5. The molecule has 2 aromatic carbocycles. The topological polar surface area (TPSA) is 49.8 Å². The van der Waals surface area contributed by atoms with E-state index in [1.54, 1.807) is 6.92 Å². The highest BCUT2D eigenvalue weighted by molar-refractivity contribution is 5.69. The van der Waals surface area contributed by atoms with E-state index in [0.717, 1.165) is 24.9 Å². The van der Waals surface area contributed by atoms with Crippen LogP contribution in [0.3, 0.4) is 0 Å². The number of ether oxygens (including phenoxy) is 1. The average Bonchev–Trinajstić information content (AvgIpc) is 3.19. The first-order valence-electron chi connectivity index (χ1n) is 14.0. The molecule has 5 unspecified atom stereocenters. The largest absolute Gasteiger partial charge is 0.481 e. The van der Waals surface area contributed by atoms with E-state index in [0.29, 0.717) is 12.5 Å². The third-order valence-corrected chi connectivity index (χ3v) is 8.08. The molecule has 5 atom stereocenters. The Labute approximate surface area is 229 Å². The van der Waals surface area contributed by atoms with Gasteiger partial charge in [-0.1, -0.05) is 78.8 Å². The first-order valence-corrected chi connectivity index (χ1v) is 14.0. The molecule has 0 spiro atoms. The monoisotopic (exact) mass is 525 g/mol. The molecule has 1 fully saturated rings. The fourth-order valence-electron chi connectivity index (χ4n) is 5.95. The maximum atomic E-state index is 13.8. The van der Waals surface area contributed by atoms with Gasteiger partial charge in [0.15, 0.2) is 0 Å². The predicted octanol–water partition coefficient (Wildman–Crippen LogP) is 7.71. The summed E-state index contributed by atoms with van der Waals surface area (Å²) >= 11 is 0. The van der Waals surface area contributed by atoms with Gasteiger partial charge in [-0.2, -0.15) is 0 Å². The first-order chi connectivity index (χ1) is 17.6. The quantitative estimate of drug-likeness (QED) is 0.364. The van der Waals surface area contributed by atoms with E-state index in [1.165, 1.54) is 28.8 Å². The van der Waals surface area contributed by atoms with Crippen molar-refractivity contribution in [2.24, 2.45) is 11.8 Å². The normalized spacial score (nSPS) is 22.0. The van der Waals surface area contributed by atoms with Crippen LogP contribution in [-0.2, 0) is 20.4 Å². The minimum Gasteiger partial charge on any atom is -0.481 e. The molecule has 0 heterocycles. The molecule has 1 saturated carbocycles. The molecular weight excluding hydrogens is 477 g/mol. The third-order valence-electron chi connectivity index (χ3n) is 8.08. The Hall–Kier alpha value is -2.24. The highest BCUT2D eigenvalue weighted by Crippen LogP contribution is 2.45. The molecule has 0 saturated heterocycles. The van der Waals surface area contributed by atoms with Crippen molar-refractivity contribution in [2.75, 3.05) is 20.1 Å². The van der Waals surface area contributed by atoms with E-state index in [-0.39, 0.29) is 34.8 Å². The fourth-order valence-corrected chi connectivity index (χ4v) is 5.95. The van der Waals surface area contributed by atoms with E-state index in [9.17, 15) is 14.3 Å². The highest BCUT2D eigenvalue weighted by Gasteiger charge is 2.40. The van der Waals surface area contributed by atoms with Crippen molar-refractivity contribution in [2.45, 2.75) is 97.2 Å². The SMILES string of the molecule is CC(CN(C)CC1CCC(OC(C)c2ccc(C(C)(C)C)cc2C(C)(C)C)C1c1ccc(F)cc1)C(=O)O. The van der Waals surface area contributed by atoms with Crippen molar-refractivity contribution in [1.82, 2.24) is 4.90 Å². The molecule has 0 aliphatic heterocycles. The van der Waals surface area contributed by atoms with Gasteiger partial charge >= 0.3 is 5.97 Å². The summed E-state index contributed by atoms with van der Waals surface area (Å²) in [5.41, 5.74) is 4.99. The van der Waals surface area contributed by atoms with Crippen molar-refractivity contribution in [3.8, 4) is 0 Å². The minimum atomic E-state index is -0.777. The Kier molecular flexibility index (Phi) is 9.47. The van der Waals surface area contributed by atoms with Gasteiger partial charge in [-0.05, 0) is 77.9 Å².